The number of ether oxygens (including phenoxy) is 2. The van der Waals surface area contributed by atoms with Crippen LogP contribution in [0, 0.1) is 0 Å². The van der Waals surface area contributed by atoms with Crippen molar-refractivity contribution in [2.24, 2.45) is 0 Å². The minimum absolute atomic E-state index is 0.00392. The molecule has 22 heavy (non-hydrogen) atoms. The molecule has 4 nitrogen and oxygen atoms in total. The summed E-state index contributed by atoms with van der Waals surface area (Å²) in [6.07, 6.45) is -8.25. The van der Waals surface area contributed by atoms with E-state index < -0.39 is 48.1 Å². The van der Waals surface area contributed by atoms with Crippen molar-refractivity contribution in [3.63, 3.8) is 0 Å². The van der Waals surface area contributed by atoms with Crippen LogP contribution in [0.2, 0.25) is 0 Å². The van der Waals surface area contributed by atoms with Gasteiger partial charge in [-0.05, 0) is 12.5 Å². The zero-order chi connectivity index (χ0) is 16.9. The van der Waals surface area contributed by atoms with E-state index >= 15 is 0 Å². The Hall–Kier alpha value is -1.64. The molecule has 0 bridgehead atoms. The molecule has 0 fully saturated rings. The van der Waals surface area contributed by atoms with Crippen LogP contribution < -0.4 is 4.74 Å². The minimum Gasteiger partial charge on any atom is -0.466 e. The average Bonchev–Trinajstić information content (AvgIpc) is 2.37. The van der Waals surface area contributed by atoms with Crippen molar-refractivity contribution in [3.8, 4) is 5.88 Å². The Kier molecular flexibility index (Phi) is 6.34. The summed E-state index contributed by atoms with van der Waals surface area (Å²) in [5, 5.41) is 0. The van der Waals surface area contributed by atoms with Crippen LogP contribution in [0.1, 0.15) is 30.0 Å². The van der Waals surface area contributed by atoms with Gasteiger partial charge in [-0.1, -0.05) is 0 Å². The molecule has 0 aliphatic heterocycles. The molecule has 124 valence electrons. The fourth-order valence-electron chi connectivity index (χ4n) is 1.68. The van der Waals surface area contributed by atoms with Gasteiger partial charge in [-0.15, -0.1) is 24.8 Å². The van der Waals surface area contributed by atoms with Crippen LogP contribution in [0.15, 0.2) is 6.20 Å². The van der Waals surface area contributed by atoms with Crippen LogP contribution in [0.25, 0.3) is 0 Å². The summed E-state index contributed by atoms with van der Waals surface area (Å²) in [4.78, 5) is 14.7. The minimum atomic E-state index is -5.07. The van der Waals surface area contributed by atoms with Gasteiger partial charge in [0, 0.05) is 17.3 Å². The van der Waals surface area contributed by atoms with Crippen LogP contribution in [0.4, 0.5) is 22.0 Å². The molecular formula is C12H11ClF5NO3. The fraction of sp³-hybridized carbons (Fsp3) is 0.500. The smallest absolute Gasteiger partial charge is 0.466 e. The zero-order valence-electron chi connectivity index (χ0n) is 11.2. The van der Waals surface area contributed by atoms with Crippen molar-refractivity contribution < 1.29 is 36.2 Å². The maximum absolute atomic E-state index is 13.0. The number of alkyl halides is 6. The highest BCUT2D eigenvalue weighted by Gasteiger charge is 2.34. The molecule has 0 saturated heterocycles. The van der Waals surface area contributed by atoms with Crippen molar-refractivity contribution in [2.75, 3.05) is 6.61 Å². The summed E-state index contributed by atoms with van der Waals surface area (Å²) in [5.41, 5.74) is -1.50. The molecule has 10 heteroatoms. The molecule has 0 aromatic carbocycles. The molecule has 0 N–H and O–H groups in total. The standard InChI is InChI=1S/C12H11ClF5NO3/c1-2-21-9(20)3-6-7(4-13)11(22-12(16,17)18)19-5-8(6)10(14)15/h5,10H,2-4H2,1H3. The number of carbonyl (C=O) groups is 1. The molecule has 0 aliphatic rings. The largest absolute Gasteiger partial charge is 0.574 e. The number of pyridine rings is 1. The Morgan fingerprint density at radius 1 is 1.36 bits per heavy atom. The highest BCUT2D eigenvalue weighted by Crippen LogP contribution is 2.33. The number of nitrogens with zero attached hydrogens (tertiary/aromatic N) is 1. The highest BCUT2D eigenvalue weighted by molar-refractivity contribution is 6.17. The first-order valence-corrected chi connectivity index (χ1v) is 6.49. The number of halogens is 6. The van der Waals surface area contributed by atoms with Gasteiger partial charge in [-0.2, -0.15) is 0 Å². The predicted molar refractivity (Wildman–Crippen MR) is 65.8 cm³/mol. The van der Waals surface area contributed by atoms with Gasteiger partial charge in [-0.25, -0.2) is 13.8 Å². The van der Waals surface area contributed by atoms with Crippen molar-refractivity contribution in [1.82, 2.24) is 4.98 Å². The quantitative estimate of drug-likeness (QED) is 0.446. The Morgan fingerprint density at radius 3 is 2.45 bits per heavy atom. The summed E-state index contributed by atoms with van der Waals surface area (Å²) in [6.45, 7) is 1.50. The lowest BCUT2D eigenvalue weighted by Gasteiger charge is -2.17. The number of carbonyl (C=O) groups excluding carboxylic acids is 1. The van der Waals surface area contributed by atoms with Crippen LogP contribution >= 0.6 is 11.6 Å². The Labute approximate surface area is 127 Å². The molecule has 0 saturated carbocycles. The summed E-state index contributed by atoms with van der Waals surface area (Å²) in [6, 6.07) is 0. The molecule has 1 rings (SSSR count). The first-order valence-electron chi connectivity index (χ1n) is 5.95. The number of hydrogen-bond acceptors (Lipinski definition) is 4. The van der Waals surface area contributed by atoms with Crippen molar-refractivity contribution in [3.05, 3.63) is 22.9 Å². The zero-order valence-corrected chi connectivity index (χ0v) is 12.0. The molecule has 1 heterocycles. The lowest BCUT2D eigenvalue weighted by atomic mass is 10.0. The van der Waals surface area contributed by atoms with Crippen LogP contribution in [-0.4, -0.2) is 23.9 Å². The molecular weight excluding hydrogens is 337 g/mol. The van der Waals surface area contributed by atoms with E-state index in [2.05, 4.69) is 14.5 Å². The number of aromatic nitrogens is 1. The van der Waals surface area contributed by atoms with Crippen molar-refractivity contribution in [1.29, 1.82) is 0 Å². The third kappa shape index (κ3) is 4.97. The Morgan fingerprint density at radius 2 is 2.00 bits per heavy atom. The molecule has 0 spiro atoms. The van der Waals surface area contributed by atoms with E-state index in [-0.39, 0.29) is 12.2 Å². The molecule has 0 unspecified atom stereocenters. The first-order chi connectivity index (χ1) is 10.2. The normalized spacial score (nSPS) is 11.6. The Balaban J connectivity index is 3.32. The predicted octanol–water partition coefficient (Wildman–Crippen LogP) is 3.76. The van der Waals surface area contributed by atoms with Crippen LogP contribution in [0.5, 0.6) is 5.88 Å². The van der Waals surface area contributed by atoms with Gasteiger partial charge in [0.15, 0.2) is 0 Å². The van der Waals surface area contributed by atoms with Crippen LogP contribution in [0.3, 0.4) is 0 Å². The molecule has 1 aromatic rings. The van der Waals surface area contributed by atoms with Crippen LogP contribution in [-0.2, 0) is 21.8 Å². The average molecular weight is 348 g/mol. The topological polar surface area (TPSA) is 48.4 Å². The second kappa shape index (κ2) is 7.57. The van der Waals surface area contributed by atoms with E-state index in [9.17, 15) is 26.7 Å². The fourth-order valence-corrected chi connectivity index (χ4v) is 1.95. The van der Waals surface area contributed by atoms with E-state index in [1.54, 1.807) is 0 Å². The van der Waals surface area contributed by atoms with E-state index in [1.807, 2.05) is 0 Å². The molecule has 0 atom stereocenters. The SMILES string of the molecule is CCOC(=O)Cc1c(C(F)F)cnc(OC(F)(F)F)c1CCl. The van der Waals surface area contributed by atoms with Gasteiger partial charge in [0.25, 0.3) is 6.43 Å². The monoisotopic (exact) mass is 347 g/mol. The van der Waals surface area contributed by atoms with E-state index in [0.29, 0.717) is 6.20 Å². The van der Waals surface area contributed by atoms with Gasteiger partial charge in [0.05, 0.1) is 18.9 Å². The summed E-state index contributed by atoms with van der Waals surface area (Å²) in [5.74, 6) is -2.43. The maximum Gasteiger partial charge on any atom is 0.574 e. The number of esters is 1. The number of hydrogen-bond donors (Lipinski definition) is 0. The summed E-state index contributed by atoms with van der Waals surface area (Å²) in [7, 11) is 0. The molecule has 0 radical (unpaired) electrons. The molecule has 0 aliphatic carbocycles. The van der Waals surface area contributed by atoms with Gasteiger partial charge in [0.2, 0.25) is 5.88 Å². The van der Waals surface area contributed by atoms with Crippen molar-refractivity contribution in [2.45, 2.75) is 32.0 Å². The van der Waals surface area contributed by atoms with Gasteiger partial charge >= 0.3 is 12.3 Å². The maximum atomic E-state index is 13.0. The van der Waals surface area contributed by atoms with E-state index in [1.165, 1.54) is 6.92 Å². The third-order valence-electron chi connectivity index (χ3n) is 2.50. The molecule has 1 aromatic heterocycles. The second-order valence-corrected chi connectivity index (χ2v) is 4.21. The van der Waals surface area contributed by atoms with E-state index in [4.69, 9.17) is 11.6 Å². The lowest BCUT2D eigenvalue weighted by molar-refractivity contribution is -0.276. The Bertz CT molecular complexity index is 536. The van der Waals surface area contributed by atoms with Gasteiger partial charge in [0.1, 0.15) is 0 Å². The third-order valence-corrected chi connectivity index (χ3v) is 2.77. The number of rotatable bonds is 6. The second-order valence-electron chi connectivity index (χ2n) is 3.94. The van der Waals surface area contributed by atoms with Gasteiger partial charge < -0.3 is 9.47 Å². The lowest BCUT2D eigenvalue weighted by Crippen LogP contribution is -2.20. The summed E-state index contributed by atoms with van der Waals surface area (Å²) >= 11 is 5.52. The first kappa shape index (κ1) is 18.4. The summed E-state index contributed by atoms with van der Waals surface area (Å²) < 4.78 is 71.0. The highest BCUT2D eigenvalue weighted by atomic mass is 35.5. The van der Waals surface area contributed by atoms with Crippen molar-refractivity contribution >= 4 is 17.6 Å². The van der Waals surface area contributed by atoms with E-state index in [0.717, 1.165) is 0 Å². The van der Waals surface area contributed by atoms with Gasteiger partial charge in [-0.3, -0.25) is 4.79 Å². The molecule has 0 amide bonds.